The quantitative estimate of drug-likeness (QED) is 0.698. The molecule has 0 radical (unpaired) electrons. The molecule has 0 aliphatic heterocycles. The van der Waals surface area contributed by atoms with Crippen LogP contribution in [0.1, 0.15) is 38.1 Å². The molecule has 0 fully saturated rings. The highest BCUT2D eigenvalue weighted by Gasteiger charge is 2.30. The number of anilines is 1. The van der Waals surface area contributed by atoms with Gasteiger partial charge in [0.15, 0.2) is 0 Å². The van der Waals surface area contributed by atoms with E-state index in [2.05, 4.69) is 9.97 Å². The van der Waals surface area contributed by atoms with Crippen molar-refractivity contribution in [1.29, 1.82) is 0 Å². The minimum atomic E-state index is -1.39. The van der Waals surface area contributed by atoms with E-state index in [9.17, 15) is 19.2 Å². The Balaban J connectivity index is 2.39. The van der Waals surface area contributed by atoms with Crippen molar-refractivity contribution < 1.29 is 24.2 Å². The lowest BCUT2D eigenvalue weighted by Crippen LogP contribution is -2.47. The normalized spacial score (nSPS) is 12.2. The molecule has 2 aromatic rings. The molecule has 1 heterocycles. The molecule has 1 aromatic heterocycles. The molecule has 10 heteroatoms. The zero-order chi connectivity index (χ0) is 21.9. The minimum absolute atomic E-state index is 0.133. The molecule has 2 amide bonds. The zero-order valence-corrected chi connectivity index (χ0v) is 16.4. The third-order valence-corrected chi connectivity index (χ3v) is 3.61. The van der Waals surface area contributed by atoms with Crippen molar-refractivity contribution in [3.63, 3.8) is 0 Å². The van der Waals surface area contributed by atoms with Crippen molar-refractivity contribution >= 4 is 23.7 Å². The number of carbonyl (C=O) groups excluding carboxylic acids is 2. The van der Waals surface area contributed by atoms with E-state index in [1.165, 1.54) is 31.2 Å². The number of amides is 2. The largest absolute Gasteiger partial charge is 0.477 e. The Bertz CT molecular complexity index is 989. The lowest BCUT2D eigenvalue weighted by atomic mass is 10.1. The second kappa shape index (κ2) is 8.23. The summed E-state index contributed by atoms with van der Waals surface area (Å²) in [6.07, 6.45) is 0.0849. The number of aromatic nitrogens is 2. The first-order valence-corrected chi connectivity index (χ1v) is 8.66. The van der Waals surface area contributed by atoms with Crippen LogP contribution in [0.15, 0.2) is 35.3 Å². The topological polar surface area (TPSA) is 156 Å². The molecule has 10 nitrogen and oxygen atoms in total. The molecular formula is C19H22N4O6. The van der Waals surface area contributed by atoms with Crippen molar-refractivity contribution in [3.05, 3.63) is 46.4 Å². The van der Waals surface area contributed by atoms with E-state index >= 15 is 0 Å². The average Bonchev–Trinajstić information content (AvgIpc) is 2.60. The summed E-state index contributed by atoms with van der Waals surface area (Å²) < 4.78 is 5.29. The van der Waals surface area contributed by atoms with E-state index < -0.39 is 40.7 Å². The lowest BCUT2D eigenvalue weighted by molar-refractivity contribution is -0.119. The number of nitrogens with zero attached hydrogens (tertiary/aromatic N) is 2. The van der Waals surface area contributed by atoms with Gasteiger partial charge in [-0.2, -0.15) is 0 Å². The number of carbonyl (C=O) groups is 3. The van der Waals surface area contributed by atoms with Gasteiger partial charge < -0.3 is 20.6 Å². The molecule has 0 bridgehead atoms. The Labute approximate surface area is 166 Å². The van der Waals surface area contributed by atoms with Gasteiger partial charge in [0.2, 0.25) is 0 Å². The van der Waals surface area contributed by atoms with E-state index in [1.54, 1.807) is 20.8 Å². The van der Waals surface area contributed by atoms with Gasteiger partial charge in [0.1, 0.15) is 17.0 Å². The number of rotatable bonds is 4. The predicted octanol–water partition coefficient (Wildman–Crippen LogP) is 1.75. The molecule has 0 aliphatic rings. The van der Waals surface area contributed by atoms with Gasteiger partial charge in [0.25, 0.3) is 11.5 Å². The van der Waals surface area contributed by atoms with Crippen molar-refractivity contribution in [2.45, 2.75) is 39.3 Å². The molecule has 2 rings (SSSR count). The number of aromatic amines is 1. The summed E-state index contributed by atoms with van der Waals surface area (Å²) in [4.78, 5) is 54.8. The van der Waals surface area contributed by atoms with E-state index in [-0.39, 0.29) is 11.5 Å². The second-order valence-corrected chi connectivity index (χ2v) is 7.27. The first-order valence-electron chi connectivity index (χ1n) is 8.66. The lowest BCUT2D eigenvalue weighted by Gasteiger charge is -2.27. The first kappa shape index (κ1) is 21.8. The van der Waals surface area contributed by atoms with Crippen LogP contribution in [0.25, 0.3) is 11.4 Å². The average molecular weight is 402 g/mol. The number of nitrogens with two attached hydrogens (primary N) is 1. The van der Waals surface area contributed by atoms with Crippen LogP contribution < -0.4 is 16.2 Å². The maximum atomic E-state index is 12.5. The van der Waals surface area contributed by atoms with Crippen LogP contribution in [-0.2, 0) is 9.53 Å². The van der Waals surface area contributed by atoms with E-state index in [4.69, 9.17) is 15.6 Å². The van der Waals surface area contributed by atoms with Gasteiger partial charge in [-0.1, -0.05) is 0 Å². The Morgan fingerprint density at radius 3 is 2.24 bits per heavy atom. The number of ether oxygens (including phenoxy) is 1. The molecule has 154 valence electrons. The van der Waals surface area contributed by atoms with Gasteiger partial charge in [-0.15, -0.1) is 0 Å². The number of nitrogens with one attached hydrogen (secondary N) is 1. The van der Waals surface area contributed by atoms with E-state index in [1.807, 2.05) is 0 Å². The number of imide groups is 1. The molecule has 0 saturated heterocycles. The van der Waals surface area contributed by atoms with Crippen LogP contribution in [0.5, 0.6) is 0 Å². The molecule has 0 spiro atoms. The summed E-state index contributed by atoms with van der Waals surface area (Å²) >= 11 is 0. The van der Waals surface area contributed by atoms with Gasteiger partial charge in [-0.25, -0.2) is 19.5 Å². The maximum Gasteiger partial charge on any atom is 0.421 e. The second-order valence-electron chi connectivity index (χ2n) is 7.27. The molecule has 1 aromatic carbocycles. The Morgan fingerprint density at radius 1 is 1.21 bits per heavy atom. The first-order chi connectivity index (χ1) is 13.4. The summed E-state index contributed by atoms with van der Waals surface area (Å²) in [5, 5.41) is 8.90. The summed E-state index contributed by atoms with van der Waals surface area (Å²) in [7, 11) is 0. The molecule has 0 unspecified atom stereocenters. The minimum Gasteiger partial charge on any atom is -0.477 e. The van der Waals surface area contributed by atoms with Crippen LogP contribution in [0.2, 0.25) is 0 Å². The van der Waals surface area contributed by atoms with Crippen molar-refractivity contribution in [2.24, 2.45) is 5.73 Å². The highest BCUT2D eigenvalue weighted by molar-refractivity contribution is 6.14. The highest BCUT2D eigenvalue weighted by atomic mass is 16.6. The Morgan fingerprint density at radius 2 is 1.79 bits per heavy atom. The fourth-order valence-electron chi connectivity index (χ4n) is 2.30. The molecule has 29 heavy (non-hydrogen) atoms. The van der Waals surface area contributed by atoms with Gasteiger partial charge >= 0.3 is 12.1 Å². The van der Waals surface area contributed by atoms with Gasteiger partial charge in [0.05, 0.1) is 11.7 Å². The zero-order valence-electron chi connectivity index (χ0n) is 16.4. The SMILES string of the molecule is C[C@@H](N)C(=O)N(C(=O)OC(C)(C)C)c1ccc(-c2ncc(C(=O)O)c(=O)[nH]2)cc1. The summed E-state index contributed by atoms with van der Waals surface area (Å²) in [5.41, 5.74) is 4.22. The van der Waals surface area contributed by atoms with Crippen molar-refractivity contribution in [3.8, 4) is 11.4 Å². The Kier molecular flexibility index (Phi) is 6.18. The van der Waals surface area contributed by atoms with Crippen LogP contribution in [0, 0.1) is 0 Å². The standard InChI is InChI=1S/C19H22N4O6/c1-10(20)16(25)23(18(28)29-19(2,3)4)12-7-5-11(6-8-12)14-21-9-13(17(26)27)15(24)22-14/h5-10H,20H2,1-4H3,(H,26,27)(H,21,22,24)/t10-/m1/s1. The van der Waals surface area contributed by atoms with E-state index in [0.717, 1.165) is 11.1 Å². The van der Waals surface area contributed by atoms with Gasteiger partial charge in [-0.05, 0) is 52.0 Å². The van der Waals surface area contributed by atoms with Gasteiger partial charge in [-0.3, -0.25) is 9.59 Å². The molecule has 4 N–H and O–H groups in total. The van der Waals surface area contributed by atoms with Crippen molar-refractivity contribution in [2.75, 3.05) is 4.90 Å². The number of carboxylic acids is 1. The fourth-order valence-corrected chi connectivity index (χ4v) is 2.30. The Hall–Kier alpha value is -3.53. The van der Waals surface area contributed by atoms with E-state index in [0.29, 0.717) is 5.56 Å². The maximum absolute atomic E-state index is 12.5. The monoisotopic (exact) mass is 402 g/mol. The summed E-state index contributed by atoms with van der Waals surface area (Å²) in [5.74, 6) is -1.90. The van der Waals surface area contributed by atoms with Crippen LogP contribution in [0.3, 0.4) is 0 Å². The number of H-pyrrole nitrogens is 1. The number of aromatic carboxylic acids is 1. The third kappa shape index (κ3) is 5.26. The molecular weight excluding hydrogens is 380 g/mol. The third-order valence-electron chi connectivity index (χ3n) is 3.61. The smallest absolute Gasteiger partial charge is 0.421 e. The van der Waals surface area contributed by atoms with Crippen LogP contribution in [0.4, 0.5) is 10.5 Å². The fraction of sp³-hybridized carbons (Fsp3) is 0.316. The summed E-state index contributed by atoms with van der Waals surface area (Å²) in [6.45, 7) is 6.47. The molecule has 0 saturated carbocycles. The number of hydrogen-bond donors (Lipinski definition) is 3. The number of hydrogen-bond acceptors (Lipinski definition) is 7. The number of carboxylic acid groups (broad SMARTS) is 1. The summed E-state index contributed by atoms with van der Waals surface area (Å²) in [6, 6.07) is 5.01. The van der Waals surface area contributed by atoms with Gasteiger partial charge in [0, 0.05) is 11.8 Å². The van der Waals surface area contributed by atoms with Crippen LogP contribution >= 0.6 is 0 Å². The molecule has 0 aliphatic carbocycles. The van der Waals surface area contributed by atoms with Crippen molar-refractivity contribution in [1.82, 2.24) is 9.97 Å². The van der Waals surface area contributed by atoms with Crippen LogP contribution in [-0.4, -0.2) is 44.7 Å². The number of benzene rings is 1. The predicted molar refractivity (Wildman–Crippen MR) is 105 cm³/mol. The highest BCUT2D eigenvalue weighted by Crippen LogP contribution is 2.23. The molecule has 1 atom stereocenters.